The van der Waals surface area contributed by atoms with Gasteiger partial charge in [0.05, 0.1) is 29.4 Å². The molecule has 0 spiro atoms. The molecule has 1 amide bonds. The van der Waals surface area contributed by atoms with Crippen LogP contribution in [0.4, 0.5) is 5.13 Å². The van der Waals surface area contributed by atoms with Crippen LogP contribution in [0.5, 0.6) is 0 Å². The van der Waals surface area contributed by atoms with Crippen LogP contribution in [0.25, 0.3) is 10.2 Å². The van der Waals surface area contributed by atoms with E-state index >= 15 is 0 Å². The van der Waals surface area contributed by atoms with Crippen molar-refractivity contribution in [1.82, 2.24) is 4.98 Å². The summed E-state index contributed by atoms with van der Waals surface area (Å²) in [5.41, 5.74) is 3.87. The van der Waals surface area contributed by atoms with Crippen LogP contribution in [0, 0.1) is 6.92 Å². The monoisotopic (exact) mass is 416 g/mol. The predicted molar refractivity (Wildman–Crippen MR) is 119 cm³/mol. The van der Waals surface area contributed by atoms with E-state index in [9.17, 15) is 9.59 Å². The number of benzene rings is 3. The number of anilines is 1. The summed E-state index contributed by atoms with van der Waals surface area (Å²) in [6.07, 6.45) is 0. The van der Waals surface area contributed by atoms with Crippen LogP contribution in [0.3, 0.4) is 0 Å². The Hall–Kier alpha value is -3.51. The quantitative estimate of drug-likeness (QED) is 0.418. The predicted octanol–water partition coefficient (Wildman–Crippen LogP) is 5.24. The van der Waals surface area contributed by atoms with Crippen LogP contribution in [0.15, 0.2) is 72.8 Å². The lowest BCUT2D eigenvalue weighted by Gasteiger charge is -2.20. The summed E-state index contributed by atoms with van der Waals surface area (Å²) in [5.74, 6) is -0.608. The third kappa shape index (κ3) is 3.95. The zero-order valence-corrected chi connectivity index (χ0v) is 17.5. The minimum Gasteiger partial charge on any atom is -0.465 e. The van der Waals surface area contributed by atoms with Crippen molar-refractivity contribution in [3.8, 4) is 0 Å². The molecule has 0 aliphatic rings. The first-order valence-electron chi connectivity index (χ1n) is 9.47. The minimum atomic E-state index is -0.434. The van der Waals surface area contributed by atoms with Crippen molar-refractivity contribution >= 4 is 38.6 Å². The van der Waals surface area contributed by atoms with E-state index in [1.807, 2.05) is 55.5 Å². The van der Waals surface area contributed by atoms with Gasteiger partial charge in [0.25, 0.3) is 5.91 Å². The van der Waals surface area contributed by atoms with Gasteiger partial charge in [-0.05, 0) is 48.4 Å². The molecule has 0 aliphatic carbocycles. The summed E-state index contributed by atoms with van der Waals surface area (Å²) < 4.78 is 5.77. The number of thiazole rings is 1. The van der Waals surface area contributed by atoms with Gasteiger partial charge in [0.1, 0.15) is 0 Å². The smallest absolute Gasteiger partial charge is 0.337 e. The molecule has 0 unspecified atom stereocenters. The van der Waals surface area contributed by atoms with Gasteiger partial charge in [-0.25, -0.2) is 9.78 Å². The number of hydrogen-bond acceptors (Lipinski definition) is 5. The van der Waals surface area contributed by atoms with E-state index in [1.54, 1.807) is 29.2 Å². The summed E-state index contributed by atoms with van der Waals surface area (Å²) in [7, 11) is 1.33. The van der Waals surface area contributed by atoms with Crippen molar-refractivity contribution in [1.29, 1.82) is 0 Å². The fourth-order valence-corrected chi connectivity index (χ4v) is 4.25. The molecule has 0 saturated heterocycles. The van der Waals surface area contributed by atoms with E-state index in [0.29, 0.717) is 22.8 Å². The summed E-state index contributed by atoms with van der Waals surface area (Å²) in [6.45, 7) is 2.41. The number of methoxy groups -OCH3 is 1. The summed E-state index contributed by atoms with van der Waals surface area (Å²) in [4.78, 5) is 31.6. The standard InChI is InChI=1S/C24H20N2O3S/c1-16-7-6-10-20-21(16)25-24(30-20)26(15-17-8-4-3-5-9-17)22(27)18-11-13-19(14-12-18)23(28)29-2/h3-14H,15H2,1-2H3. The largest absolute Gasteiger partial charge is 0.465 e. The van der Waals surface area contributed by atoms with Crippen LogP contribution in [0.2, 0.25) is 0 Å². The number of ether oxygens (including phenoxy) is 1. The number of amides is 1. The van der Waals surface area contributed by atoms with Gasteiger partial charge in [0, 0.05) is 5.56 Å². The molecule has 30 heavy (non-hydrogen) atoms. The first kappa shape index (κ1) is 19.8. The molecule has 0 bridgehead atoms. The van der Waals surface area contributed by atoms with Crippen LogP contribution in [0.1, 0.15) is 31.8 Å². The molecule has 0 aliphatic heterocycles. The molecule has 0 radical (unpaired) electrons. The molecule has 1 heterocycles. The molecule has 1 aromatic heterocycles. The second kappa shape index (κ2) is 8.47. The lowest BCUT2D eigenvalue weighted by atomic mass is 10.1. The van der Waals surface area contributed by atoms with Crippen molar-refractivity contribution in [3.05, 3.63) is 95.1 Å². The molecule has 0 N–H and O–H groups in total. The van der Waals surface area contributed by atoms with Gasteiger partial charge >= 0.3 is 5.97 Å². The number of carbonyl (C=O) groups is 2. The van der Waals surface area contributed by atoms with Crippen molar-refractivity contribution in [3.63, 3.8) is 0 Å². The molecule has 0 atom stereocenters. The second-order valence-electron chi connectivity index (χ2n) is 6.86. The average molecular weight is 417 g/mol. The number of aryl methyl sites for hydroxylation is 1. The van der Waals surface area contributed by atoms with Gasteiger partial charge in [0.15, 0.2) is 5.13 Å². The number of rotatable bonds is 5. The molecule has 6 heteroatoms. The third-order valence-electron chi connectivity index (χ3n) is 4.82. The van der Waals surface area contributed by atoms with Crippen LogP contribution < -0.4 is 4.90 Å². The highest BCUT2D eigenvalue weighted by Gasteiger charge is 2.22. The molecule has 5 nitrogen and oxygen atoms in total. The number of aromatic nitrogens is 1. The summed E-state index contributed by atoms with van der Waals surface area (Å²) in [5, 5.41) is 0.644. The molecular weight excluding hydrogens is 396 g/mol. The highest BCUT2D eigenvalue weighted by atomic mass is 32.1. The molecule has 3 aromatic carbocycles. The number of para-hydroxylation sites is 1. The highest BCUT2D eigenvalue weighted by molar-refractivity contribution is 7.22. The van der Waals surface area contributed by atoms with E-state index < -0.39 is 5.97 Å². The van der Waals surface area contributed by atoms with Crippen molar-refractivity contribution in [2.75, 3.05) is 12.0 Å². The highest BCUT2D eigenvalue weighted by Crippen LogP contribution is 2.32. The maximum atomic E-state index is 13.4. The van der Waals surface area contributed by atoms with Crippen molar-refractivity contribution in [2.45, 2.75) is 13.5 Å². The molecule has 4 aromatic rings. The minimum absolute atomic E-state index is 0.174. The van der Waals surface area contributed by atoms with Crippen molar-refractivity contribution < 1.29 is 14.3 Å². The van der Waals surface area contributed by atoms with E-state index in [4.69, 9.17) is 9.72 Å². The SMILES string of the molecule is COC(=O)c1ccc(C(=O)N(Cc2ccccc2)c2nc3c(C)cccc3s2)cc1. The van der Waals surface area contributed by atoms with Crippen LogP contribution >= 0.6 is 11.3 Å². The second-order valence-corrected chi connectivity index (χ2v) is 7.87. The number of carbonyl (C=O) groups excluding carboxylic acids is 2. The van der Waals surface area contributed by atoms with E-state index in [1.165, 1.54) is 18.4 Å². The molecule has 4 rings (SSSR count). The van der Waals surface area contributed by atoms with E-state index in [-0.39, 0.29) is 5.91 Å². The Labute approximate surface area is 178 Å². The fraction of sp³-hybridized carbons (Fsp3) is 0.125. The number of fused-ring (bicyclic) bond motifs is 1. The van der Waals surface area contributed by atoms with E-state index in [2.05, 4.69) is 0 Å². The lowest BCUT2D eigenvalue weighted by molar-refractivity contribution is 0.0600. The van der Waals surface area contributed by atoms with Gasteiger partial charge in [-0.3, -0.25) is 9.69 Å². The Bertz CT molecular complexity index is 1200. The third-order valence-corrected chi connectivity index (χ3v) is 5.87. The number of esters is 1. The molecule has 150 valence electrons. The van der Waals surface area contributed by atoms with Gasteiger partial charge in [0.2, 0.25) is 0 Å². The first-order chi connectivity index (χ1) is 14.6. The Morgan fingerprint density at radius 2 is 1.63 bits per heavy atom. The Balaban J connectivity index is 1.73. The van der Waals surface area contributed by atoms with Gasteiger partial charge in [-0.1, -0.05) is 53.8 Å². The fourth-order valence-electron chi connectivity index (χ4n) is 3.20. The first-order valence-corrected chi connectivity index (χ1v) is 10.3. The lowest BCUT2D eigenvalue weighted by Crippen LogP contribution is -2.30. The maximum Gasteiger partial charge on any atom is 0.337 e. The number of nitrogens with zero attached hydrogens (tertiary/aromatic N) is 2. The summed E-state index contributed by atoms with van der Waals surface area (Å²) >= 11 is 1.49. The molecular formula is C24H20N2O3S. The van der Waals surface area contributed by atoms with Gasteiger partial charge in [-0.2, -0.15) is 0 Å². The van der Waals surface area contributed by atoms with Gasteiger partial charge < -0.3 is 4.74 Å². The van der Waals surface area contributed by atoms with Gasteiger partial charge in [-0.15, -0.1) is 0 Å². The van der Waals surface area contributed by atoms with Crippen LogP contribution in [-0.2, 0) is 11.3 Å². The molecule has 0 fully saturated rings. The van der Waals surface area contributed by atoms with Crippen LogP contribution in [-0.4, -0.2) is 24.0 Å². The topological polar surface area (TPSA) is 59.5 Å². The Morgan fingerprint density at radius 1 is 0.933 bits per heavy atom. The molecule has 0 saturated carbocycles. The normalized spacial score (nSPS) is 10.7. The zero-order chi connectivity index (χ0) is 21.1. The Morgan fingerprint density at radius 3 is 2.30 bits per heavy atom. The van der Waals surface area contributed by atoms with E-state index in [0.717, 1.165) is 21.3 Å². The maximum absolute atomic E-state index is 13.4. The average Bonchev–Trinajstić information content (AvgIpc) is 3.23. The summed E-state index contributed by atoms with van der Waals surface area (Å²) in [6, 6.07) is 22.3. The zero-order valence-electron chi connectivity index (χ0n) is 16.7. The van der Waals surface area contributed by atoms with Crippen molar-refractivity contribution in [2.24, 2.45) is 0 Å². The number of hydrogen-bond donors (Lipinski definition) is 0. The Kier molecular flexibility index (Phi) is 5.59.